The van der Waals surface area contributed by atoms with Gasteiger partial charge in [0.1, 0.15) is 0 Å². The summed E-state index contributed by atoms with van der Waals surface area (Å²) >= 11 is 17.6. The van der Waals surface area contributed by atoms with E-state index in [1.807, 2.05) is 0 Å². The lowest BCUT2D eigenvalue weighted by molar-refractivity contribution is -0.146. The van der Waals surface area contributed by atoms with Gasteiger partial charge in [0, 0.05) is 5.02 Å². The van der Waals surface area contributed by atoms with Crippen molar-refractivity contribution in [1.82, 2.24) is 0 Å². The van der Waals surface area contributed by atoms with Crippen molar-refractivity contribution >= 4 is 52.4 Å². The van der Waals surface area contributed by atoms with Crippen LogP contribution in [-0.4, -0.2) is 18.5 Å². The predicted molar refractivity (Wildman–Crippen MR) is 91.2 cm³/mol. The molecule has 7 heteroatoms. The van der Waals surface area contributed by atoms with Crippen molar-refractivity contribution < 1.29 is 14.3 Å². The van der Waals surface area contributed by atoms with Crippen LogP contribution in [0.25, 0.3) is 0 Å². The Morgan fingerprint density at radius 1 is 1.00 bits per heavy atom. The van der Waals surface area contributed by atoms with Crippen LogP contribution >= 0.6 is 34.8 Å². The van der Waals surface area contributed by atoms with Crippen molar-refractivity contribution in [2.75, 3.05) is 11.9 Å². The van der Waals surface area contributed by atoms with Crippen molar-refractivity contribution in [3.63, 3.8) is 0 Å². The van der Waals surface area contributed by atoms with Crippen LogP contribution in [0.1, 0.15) is 5.56 Å². The van der Waals surface area contributed by atoms with Gasteiger partial charge in [-0.2, -0.15) is 0 Å². The van der Waals surface area contributed by atoms with Gasteiger partial charge in [0.2, 0.25) is 0 Å². The second kappa shape index (κ2) is 8.20. The molecule has 0 aliphatic carbocycles. The van der Waals surface area contributed by atoms with Crippen molar-refractivity contribution in [3.05, 3.63) is 63.1 Å². The molecule has 0 bridgehead atoms. The van der Waals surface area contributed by atoms with Gasteiger partial charge in [-0.1, -0.05) is 53.0 Å². The highest BCUT2D eigenvalue weighted by Crippen LogP contribution is 2.29. The summed E-state index contributed by atoms with van der Waals surface area (Å²) in [6.07, 6.45) is 0.0579. The smallest absolute Gasteiger partial charge is 0.310 e. The Morgan fingerprint density at radius 3 is 2.39 bits per heavy atom. The molecular formula is C16H12Cl3NO3. The van der Waals surface area contributed by atoms with E-state index in [2.05, 4.69) is 5.32 Å². The Hall–Kier alpha value is -1.75. The summed E-state index contributed by atoms with van der Waals surface area (Å²) in [5.41, 5.74) is 1.11. The highest BCUT2D eigenvalue weighted by atomic mass is 35.5. The van der Waals surface area contributed by atoms with Gasteiger partial charge in [-0.15, -0.1) is 0 Å². The van der Waals surface area contributed by atoms with Crippen LogP contribution in [-0.2, 0) is 20.7 Å². The number of amides is 1. The molecule has 0 fully saturated rings. The lowest BCUT2D eigenvalue weighted by Gasteiger charge is -2.09. The molecule has 2 rings (SSSR count). The summed E-state index contributed by atoms with van der Waals surface area (Å²) in [7, 11) is 0. The molecule has 23 heavy (non-hydrogen) atoms. The number of carbonyl (C=O) groups is 2. The summed E-state index contributed by atoms with van der Waals surface area (Å²) in [4.78, 5) is 23.5. The fraction of sp³-hybridized carbons (Fsp3) is 0.125. The third-order valence-corrected chi connectivity index (χ3v) is 3.92. The number of ether oxygens (including phenoxy) is 1. The van der Waals surface area contributed by atoms with E-state index in [-0.39, 0.29) is 11.4 Å². The van der Waals surface area contributed by atoms with Gasteiger partial charge in [-0.05, 0) is 29.8 Å². The topological polar surface area (TPSA) is 55.4 Å². The number of benzene rings is 2. The molecule has 4 nitrogen and oxygen atoms in total. The zero-order valence-electron chi connectivity index (χ0n) is 11.8. The van der Waals surface area contributed by atoms with Gasteiger partial charge < -0.3 is 10.1 Å². The number of hydrogen-bond acceptors (Lipinski definition) is 3. The number of esters is 1. The minimum atomic E-state index is -0.514. The number of halogens is 3. The van der Waals surface area contributed by atoms with Crippen molar-refractivity contribution in [3.8, 4) is 0 Å². The summed E-state index contributed by atoms with van der Waals surface area (Å²) in [6.45, 7) is -0.407. The summed E-state index contributed by atoms with van der Waals surface area (Å²) in [5, 5.41) is 3.67. The van der Waals surface area contributed by atoms with Crippen LogP contribution in [0.5, 0.6) is 0 Å². The second-order valence-corrected chi connectivity index (χ2v) is 5.84. The molecule has 0 aliphatic heterocycles. The summed E-state index contributed by atoms with van der Waals surface area (Å²) in [5.74, 6) is -1.02. The highest BCUT2D eigenvalue weighted by Gasteiger charge is 2.11. The number of nitrogens with one attached hydrogen (secondary N) is 1. The number of hydrogen-bond donors (Lipinski definition) is 1. The monoisotopic (exact) mass is 371 g/mol. The third-order valence-electron chi connectivity index (χ3n) is 2.85. The minimum Gasteiger partial charge on any atom is -0.455 e. The quantitative estimate of drug-likeness (QED) is 0.793. The van der Waals surface area contributed by atoms with Crippen molar-refractivity contribution in [2.24, 2.45) is 0 Å². The van der Waals surface area contributed by atoms with Gasteiger partial charge in [-0.3, -0.25) is 9.59 Å². The summed E-state index contributed by atoms with van der Waals surface area (Å²) < 4.78 is 4.92. The molecule has 0 atom stereocenters. The van der Waals surface area contributed by atoms with Gasteiger partial charge in [-0.25, -0.2) is 0 Å². The SMILES string of the molecule is O=C(COC(=O)Cc1ccc(Cl)cc1)Nc1cccc(Cl)c1Cl. The maximum absolute atomic E-state index is 11.8. The first kappa shape index (κ1) is 17.6. The first-order valence-electron chi connectivity index (χ1n) is 6.59. The molecule has 0 unspecified atom stereocenters. The maximum Gasteiger partial charge on any atom is 0.310 e. The standard InChI is InChI=1S/C16H12Cl3NO3/c17-11-6-4-10(5-7-11)8-15(22)23-9-14(21)20-13-3-1-2-12(18)16(13)19/h1-7H,8-9H2,(H,20,21). The molecule has 0 radical (unpaired) electrons. The lowest BCUT2D eigenvalue weighted by Crippen LogP contribution is -2.21. The normalized spacial score (nSPS) is 10.2. The molecule has 1 N–H and O–H groups in total. The Bertz CT molecular complexity index is 717. The van der Waals surface area contributed by atoms with Gasteiger partial charge in [0.15, 0.2) is 6.61 Å². The first-order chi connectivity index (χ1) is 11.0. The van der Waals surface area contributed by atoms with Crippen LogP contribution in [0.15, 0.2) is 42.5 Å². The van der Waals surface area contributed by atoms with E-state index in [1.54, 1.807) is 42.5 Å². The van der Waals surface area contributed by atoms with Crippen LogP contribution in [0, 0.1) is 0 Å². The number of anilines is 1. The molecular weight excluding hydrogens is 361 g/mol. The summed E-state index contributed by atoms with van der Waals surface area (Å²) in [6, 6.07) is 11.6. The van der Waals surface area contributed by atoms with E-state index >= 15 is 0 Å². The maximum atomic E-state index is 11.8. The molecule has 0 heterocycles. The van der Waals surface area contributed by atoms with Crippen molar-refractivity contribution in [2.45, 2.75) is 6.42 Å². The second-order valence-electron chi connectivity index (χ2n) is 4.61. The van der Waals surface area contributed by atoms with Crippen LogP contribution in [0.4, 0.5) is 5.69 Å². The van der Waals surface area contributed by atoms with Crippen molar-refractivity contribution in [1.29, 1.82) is 0 Å². The lowest BCUT2D eigenvalue weighted by atomic mass is 10.1. The molecule has 0 aliphatic rings. The largest absolute Gasteiger partial charge is 0.455 e. The zero-order chi connectivity index (χ0) is 16.8. The van der Waals surface area contributed by atoms with Crippen LogP contribution < -0.4 is 5.32 Å². The first-order valence-corrected chi connectivity index (χ1v) is 7.73. The average Bonchev–Trinajstić information content (AvgIpc) is 2.52. The highest BCUT2D eigenvalue weighted by molar-refractivity contribution is 6.44. The van der Waals surface area contributed by atoms with Crippen LogP contribution in [0.3, 0.4) is 0 Å². The minimum absolute atomic E-state index is 0.0579. The molecule has 120 valence electrons. The Morgan fingerprint density at radius 2 is 1.70 bits per heavy atom. The molecule has 0 saturated heterocycles. The Kier molecular flexibility index (Phi) is 6.28. The van der Waals surface area contributed by atoms with E-state index in [9.17, 15) is 9.59 Å². The fourth-order valence-electron chi connectivity index (χ4n) is 1.75. The third kappa shape index (κ3) is 5.43. The molecule has 0 spiro atoms. The van der Waals surface area contributed by atoms with E-state index < -0.39 is 18.5 Å². The average molecular weight is 373 g/mol. The molecule has 0 aromatic heterocycles. The van der Waals surface area contributed by atoms with Gasteiger partial charge in [0.25, 0.3) is 5.91 Å². The molecule has 1 amide bonds. The number of rotatable bonds is 5. The van der Waals surface area contributed by atoms with Gasteiger partial charge in [0.05, 0.1) is 22.2 Å². The molecule has 2 aromatic rings. The molecule has 2 aromatic carbocycles. The van der Waals surface area contributed by atoms with Crippen LogP contribution in [0.2, 0.25) is 15.1 Å². The van der Waals surface area contributed by atoms with E-state index in [4.69, 9.17) is 39.5 Å². The zero-order valence-corrected chi connectivity index (χ0v) is 14.1. The van der Waals surface area contributed by atoms with E-state index in [1.165, 1.54) is 0 Å². The van der Waals surface area contributed by atoms with E-state index in [0.29, 0.717) is 15.7 Å². The number of carbonyl (C=O) groups excluding carboxylic acids is 2. The predicted octanol–water partition coefficient (Wildman–Crippen LogP) is 4.37. The Labute approximate surface area is 148 Å². The molecule has 0 saturated carbocycles. The fourth-order valence-corrected chi connectivity index (χ4v) is 2.23. The van der Waals surface area contributed by atoms with E-state index in [0.717, 1.165) is 5.56 Å². The Balaban J connectivity index is 1.83. The van der Waals surface area contributed by atoms with Gasteiger partial charge >= 0.3 is 5.97 Å².